The zero-order valence-electron chi connectivity index (χ0n) is 12.4. The van der Waals surface area contributed by atoms with E-state index < -0.39 is 0 Å². The van der Waals surface area contributed by atoms with Crippen molar-refractivity contribution in [3.63, 3.8) is 0 Å². The minimum absolute atomic E-state index is 0.485. The Morgan fingerprint density at radius 1 is 1.33 bits per heavy atom. The van der Waals surface area contributed by atoms with Gasteiger partial charge >= 0.3 is 0 Å². The van der Waals surface area contributed by atoms with Crippen LogP contribution in [0.15, 0.2) is 24.3 Å². The maximum Gasteiger partial charge on any atom is 0.144 e. The smallest absolute Gasteiger partial charge is 0.144 e. The Kier molecular flexibility index (Phi) is 4.29. The lowest BCUT2D eigenvalue weighted by Crippen LogP contribution is -2.07. The van der Waals surface area contributed by atoms with Gasteiger partial charge in [0.25, 0.3) is 0 Å². The summed E-state index contributed by atoms with van der Waals surface area (Å²) in [7, 11) is 1.62. The van der Waals surface area contributed by atoms with Gasteiger partial charge in [-0.1, -0.05) is 0 Å². The summed E-state index contributed by atoms with van der Waals surface area (Å²) in [6.45, 7) is 4.29. The second-order valence-corrected chi connectivity index (χ2v) is 4.84. The van der Waals surface area contributed by atoms with Gasteiger partial charge in [0.05, 0.1) is 12.7 Å². The van der Waals surface area contributed by atoms with Crippen LogP contribution < -0.4 is 15.8 Å². The molecule has 2 rings (SSSR count). The quantitative estimate of drug-likeness (QED) is 0.842. The monoisotopic (exact) mass is 282 g/mol. The Morgan fingerprint density at radius 2 is 2.10 bits per heavy atom. The van der Waals surface area contributed by atoms with Gasteiger partial charge in [-0.15, -0.1) is 0 Å². The topological polar surface area (TPSA) is 84.0 Å². The lowest BCUT2D eigenvalue weighted by Gasteiger charge is -2.13. The van der Waals surface area contributed by atoms with Gasteiger partial charge in [-0.3, -0.25) is 0 Å². The molecule has 0 fully saturated rings. The number of nitrogens with zero attached hydrogens (tertiary/aromatic N) is 2. The van der Waals surface area contributed by atoms with E-state index in [0.717, 1.165) is 22.6 Å². The number of methoxy groups -OCH3 is 1. The average Bonchev–Trinajstić information content (AvgIpc) is 2.44. The normalized spacial score (nSPS) is 10.0. The van der Waals surface area contributed by atoms with Crippen LogP contribution in [0.3, 0.4) is 0 Å². The van der Waals surface area contributed by atoms with E-state index in [1.165, 1.54) is 0 Å². The molecule has 0 aliphatic heterocycles. The van der Waals surface area contributed by atoms with Gasteiger partial charge in [0.2, 0.25) is 0 Å². The van der Waals surface area contributed by atoms with Crippen LogP contribution in [-0.4, -0.2) is 12.1 Å². The van der Waals surface area contributed by atoms with Crippen molar-refractivity contribution in [1.82, 2.24) is 4.98 Å². The lowest BCUT2D eigenvalue weighted by atomic mass is 10.1. The summed E-state index contributed by atoms with van der Waals surface area (Å²) in [6, 6.07) is 9.54. The third kappa shape index (κ3) is 3.23. The Labute approximate surface area is 124 Å². The van der Waals surface area contributed by atoms with Crippen LogP contribution in [0.2, 0.25) is 0 Å². The number of ether oxygens (including phenoxy) is 1. The highest BCUT2D eigenvalue weighted by Gasteiger charge is 2.10. The predicted molar refractivity (Wildman–Crippen MR) is 83.2 cm³/mol. The van der Waals surface area contributed by atoms with Crippen LogP contribution in [0.25, 0.3) is 0 Å². The maximum absolute atomic E-state index is 9.26. The number of benzene rings is 1. The van der Waals surface area contributed by atoms with Crippen LogP contribution in [-0.2, 0) is 6.54 Å². The van der Waals surface area contributed by atoms with Crippen LogP contribution in [0.4, 0.5) is 11.5 Å². The number of hydrogen-bond acceptors (Lipinski definition) is 5. The Bertz CT molecular complexity index is 704. The summed E-state index contributed by atoms with van der Waals surface area (Å²) in [6.07, 6.45) is 0. The largest absolute Gasteiger partial charge is 0.496 e. The van der Waals surface area contributed by atoms with Gasteiger partial charge in [-0.2, -0.15) is 5.26 Å². The fourth-order valence-corrected chi connectivity index (χ4v) is 2.22. The van der Waals surface area contributed by atoms with Crippen LogP contribution in [0.5, 0.6) is 5.75 Å². The Morgan fingerprint density at radius 3 is 2.76 bits per heavy atom. The molecule has 0 aliphatic carbocycles. The Hall–Kier alpha value is -2.74. The highest BCUT2D eigenvalue weighted by atomic mass is 16.5. The molecule has 0 bridgehead atoms. The van der Waals surface area contributed by atoms with Gasteiger partial charge in [-0.25, -0.2) is 4.98 Å². The molecule has 1 heterocycles. The van der Waals surface area contributed by atoms with Crippen molar-refractivity contribution in [1.29, 1.82) is 5.26 Å². The van der Waals surface area contributed by atoms with Crippen molar-refractivity contribution >= 4 is 11.5 Å². The van der Waals surface area contributed by atoms with E-state index in [4.69, 9.17) is 10.5 Å². The molecule has 0 amide bonds. The molecular formula is C16H18N4O. The number of hydrogen-bond donors (Lipinski definition) is 2. The molecule has 0 saturated carbocycles. The summed E-state index contributed by atoms with van der Waals surface area (Å²) < 4.78 is 5.31. The van der Waals surface area contributed by atoms with Gasteiger partial charge in [0, 0.05) is 23.5 Å². The molecule has 0 radical (unpaired) electrons. The summed E-state index contributed by atoms with van der Waals surface area (Å²) in [5, 5.41) is 12.5. The number of anilines is 2. The van der Waals surface area contributed by atoms with Gasteiger partial charge in [-0.05, 0) is 43.7 Å². The zero-order valence-corrected chi connectivity index (χ0v) is 12.4. The first-order valence-electron chi connectivity index (χ1n) is 6.59. The molecule has 1 aromatic carbocycles. The first kappa shape index (κ1) is 14.7. The van der Waals surface area contributed by atoms with E-state index in [9.17, 15) is 5.26 Å². The third-order valence-corrected chi connectivity index (χ3v) is 3.21. The predicted octanol–water partition coefficient (Wildman–Crippen LogP) is 2.77. The highest BCUT2D eigenvalue weighted by molar-refractivity contribution is 5.57. The molecular weight excluding hydrogens is 264 g/mol. The van der Waals surface area contributed by atoms with Crippen molar-refractivity contribution in [2.75, 3.05) is 18.2 Å². The van der Waals surface area contributed by atoms with E-state index >= 15 is 0 Å². The number of nitrogens with two attached hydrogens (primary N) is 1. The lowest BCUT2D eigenvalue weighted by molar-refractivity contribution is 0.410. The summed E-state index contributed by atoms with van der Waals surface area (Å²) in [4.78, 5) is 4.39. The van der Waals surface area contributed by atoms with Gasteiger partial charge in [0.1, 0.15) is 17.6 Å². The van der Waals surface area contributed by atoms with Crippen molar-refractivity contribution in [3.05, 3.63) is 46.6 Å². The van der Waals surface area contributed by atoms with E-state index in [0.29, 0.717) is 23.6 Å². The number of rotatable bonds is 4. The number of nitriles is 1. The highest BCUT2D eigenvalue weighted by Crippen LogP contribution is 2.23. The molecule has 108 valence electrons. The molecule has 0 unspecified atom stereocenters. The molecule has 0 saturated heterocycles. The number of aromatic nitrogens is 1. The van der Waals surface area contributed by atoms with Crippen molar-refractivity contribution in [2.45, 2.75) is 20.4 Å². The molecule has 1 aromatic heterocycles. The number of aryl methyl sites for hydroxylation is 2. The summed E-state index contributed by atoms with van der Waals surface area (Å²) in [5.74, 6) is 1.33. The van der Waals surface area contributed by atoms with Crippen LogP contribution >= 0.6 is 0 Å². The van der Waals surface area contributed by atoms with E-state index in [1.54, 1.807) is 13.2 Å². The molecule has 5 nitrogen and oxygen atoms in total. The fraction of sp³-hybridized carbons (Fsp3) is 0.250. The van der Waals surface area contributed by atoms with E-state index in [-0.39, 0.29) is 0 Å². The minimum atomic E-state index is 0.485. The van der Waals surface area contributed by atoms with Crippen LogP contribution in [0.1, 0.15) is 22.4 Å². The second-order valence-electron chi connectivity index (χ2n) is 4.84. The van der Waals surface area contributed by atoms with E-state index in [1.807, 2.05) is 32.0 Å². The second kappa shape index (κ2) is 6.14. The molecule has 3 N–H and O–H groups in total. The molecule has 2 aromatic rings. The molecule has 0 aliphatic rings. The first-order valence-corrected chi connectivity index (χ1v) is 6.59. The fourth-order valence-electron chi connectivity index (χ4n) is 2.22. The van der Waals surface area contributed by atoms with Gasteiger partial charge in [0.15, 0.2) is 0 Å². The molecule has 0 atom stereocenters. The third-order valence-electron chi connectivity index (χ3n) is 3.21. The minimum Gasteiger partial charge on any atom is -0.496 e. The number of nitrogen functional groups attached to an aromatic ring is 1. The molecule has 5 heteroatoms. The standard InChI is InChI=1S/C16H18N4O/c1-10-6-11(2)20-16(14(10)8-17)19-9-12-7-13(18)4-5-15(12)21-3/h4-7H,9,18H2,1-3H3,(H,19,20). The van der Waals surface area contributed by atoms with E-state index in [2.05, 4.69) is 16.4 Å². The summed E-state index contributed by atoms with van der Waals surface area (Å²) >= 11 is 0. The van der Waals surface area contributed by atoms with Crippen molar-refractivity contribution in [3.8, 4) is 11.8 Å². The first-order chi connectivity index (χ1) is 10.0. The van der Waals surface area contributed by atoms with Gasteiger partial charge < -0.3 is 15.8 Å². The Balaban J connectivity index is 2.29. The number of nitrogens with one attached hydrogen (secondary N) is 1. The summed E-state index contributed by atoms with van der Waals surface area (Å²) in [5.41, 5.74) is 9.73. The SMILES string of the molecule is COc1ccc(N)cc1CNc1nc(C)cc(C)c1C#N. The zero-order chi connectivity index (χ0) is 15.4. The molecule has 0 spiro atoms. The van der Waals surface area contributed by atoms with Crippen LogP contribution in [0, 0.1) is 25.2 Å². The van der Waals surface area contributed by atoms with Crippen molar-refractivity contribution in [2.24, 2.45) is 0 Å². The van der Waals surface area contributed by atoms with Crippen molar-refractivity contribution < 1.29 is 4.74 Å². The average molecular weight is 282 g/mol. The maximum atomic E-state index is 9.26. The molecule has 21 heavy (non-hydrogen) atoms. The number of pyridine rings is 1.